The second-order valence-electron chi connectivity index (χ2n) is 4.02. The third-order valence-electron chi connectivity index (χ3n) is 2.77. The van der Waals surface area contributed by atoms with Gasteiger partial charge in [0.25, 0.3) is 0 Å². The van der Waals surface area contributed by atoms with Gasteiger partial charge in [-0.3, -0.25) is 4.57 Å². The Hall–Kier alpha value is -2.69. The van der Waals surface area contributed by atoms with Crippen LogP contribution < -0.4 is 5.32 Å². The van der Waals surface area contributed by atoms with Crippen molar-refractivity contribution in [3.8, 4) is 17.2 Å². The fourth-order valence-electron chi connectivity index (χ4n) is 1.81. The van der Waals surface area contributed by atoms with Gasteiger partial charge < -0.3 is 5.32 Å². The molecule has 0 unspecified atom stereocenters. The summed E-state index contributed by atoms with van der Waals surface area (Å²) in [6, 6.07) is 11.8. The Morgan fingerprint density at radius 2 is 1.95 bits per heavy atom. The van der Waals surface area contributed by atoms with Gasteiger partial charge >= 0.3 is 0 Å². The van der Waals surface area contributed by atoms with Crippen molar-refractivity contribution in [2.24, 2.45) is 0 Å². The Morgan fingerprint density at radius 3 is 2.63 bits per heavy atom. The number of nitrogens with one attached hydrogen (secondary N) is 1. The lowest BCUT2D eigenvalue weighted by Gasteiger charge is -2.08. The van der Waals surface area contributed by atoms with Crippen LogP contribution in [0.5, 0.6) is 0 Å². The summed E-state index contributed by atoms with van der Waals surface area (Å²) < 4.78 is 1.86. The van der Waals surface area contributed by atoms with Gasteiger partial charge in [0.15, 0.2) is 5.82 Å². The van der Waals surface area contributed by atoms with E-state index in [0.717, 1.165) is 17.2 Å². The van der Waals surface area contributed by atoms with E-state index in [9.17, 15) is 0 Å². The molecule has 19 heavy (non-hydrogen) atoms. The molecule has 0 aliphatic carbocycles. The molecule has 0 radical (unpaired) electrons. The number of aromatic nitrogens is 4. The van der Waals surface area contributed by atoms with Gasteiger partial charge in [-0.15, -0.1) is 0 Å². The molecule has 5 nitrogen and oxygen atoms in total. The average Bonchev–Trinajstić information content (AvgIpc) is 3.02. The fourth-order valence-corrected chi connectivity index (χ4v) is 1.81. The molecule has 2 aromatic heterocycles. The minimum absolute atomic E-state index is 0.691. The Morgan fingerprint density at radius 1 is 1.11 bits per heavy atom. The quantitative estimate of drug-likeness (QED) is 0.776. The van der Waals surface area contributed by atoms with Crippen molar-refractivity contribution < 1.29 is 0 Å². The summed E-state index contributed by atoms with van der Waals surface area (Å²) in [5.41, 5.74) is 0.987. The van der Waals surface area contributed by atoms with E-state index < -0.39 is 0 Å². The Kier molecular flexibility index (Phi) is 2.94. The molecule has 1 aromatic carbocycles. The van der Waals surface area contributed by atoms with E-state index in [1.165, 1.54) is 0 Å². The average molecular weight is 251 g/mol. The maximum Gasteiger partial charge on any atom is 0.163 e. The Bertz CT molecular complexity index is 662. The number of hydrogen-bond donors (Lipinski definition) is 1. The first-order valence-electron chi connectivity index (χ1n) is 5.97. The normalized spacial score (nSPS) is 10.4. The third kappa shape index (κ3) is 2.30. The number of hydrogen-bond acceptors (Lipinski definition) is 4. The fraction of sp³-hybridized carbons (Fsp3) is 0.0714. The summed E-state index contributed by atoms with van der Waals surface area (Å²) in [6.07, 6.45) is 5.30. The monoisotopic (exact) mass is 251 g/mol. The van der Waals surface area contributed by atoms with E-state index in [1.807, 2.05) is 54.2 Å². The van der Waals surface area contributed by atoms with Crippen molar-refractivity contribution in [3.05, 3.63) is 55.1 Å². The number of rotatable bonds is 3. The van der Waals surface area contributed by atoms with Gasteiger partial charge in [-0.1, -0.05) is 30.3 Å². The van der Waals surface area contributed by atoms with E-state index in [2.05, 4.69) is 20.3 Å². The van der Waals surface area contributed by atoms with Crippen molar-refractivity contribution >= 4 is 5.82 Å². The smallest absolute Gasteiger partial charge is 0.163 e. The first-order valence-corrected chi connectivity index (χ1v) is 5.97. The van der Waals surface area contributed by atoms with Gasteiger partial charge in [0.2, 0.25) is 0 Å². The van der Waals surface area contributed by atoms with Crippen molar-refractivity contribution in [1.29, 1.82) is 0 Å². The second-order valence-corrected chi connectivity index (χ2v) is 4.02. The number of benzene rings is 1. The minimum atomic E-state index is 0.691. The molecule has 0 fully saturated rings. The van der Waals surface area contributed by atoms with Crippen molar-refractivity contribution in [1.82, 2.24) is 19.5 Å². The summed E-state index contributed by atoms with van der Waals surface area (Å²) in [4.78, 5) is 13.1. The first-order chi connectivity index (χ1) is 9.36. The van der Waals surface area contributed by atoms with Crippen LogP contribution in [0.1, 0.15) is 0 Å². The van der Waals surface area contributed by atoms with Crippen LogP contribution in [-0.4, -0.2) is 26.6 Å². The zero-order valence-corrected chi connectivity index (χ0v) is 10.5. The van der Waals surface area contributed by atoms with Gasteiger partial charge in [-0.05, 0) is 0 Å². The number of nitrogens with zero attached hydrogens (tertiary/aromatic N) is 4. The molecule has 3 aromatic rings. The van der Waals surface area contributed by atoms with Gasteiger partial charge in [-0.25, -0.2) is 15.0 Å². The molecule has 0 bridgehead atoms. The third-order valence-corrected chi connectivity index (χ3v) is 2.77. The van der Waals surface area contributed by atoms with Gasteiger partial charge in [-0.2, -0.15) is 0 Å². The zero-order chi connectivity index (χ0) is 13.1. The highest BCUT2D eigenvalue weighted by molar-refractivity contribution is 5.58. The lowest BCUT2D eigenvalue weighted by molar-refractivity contribution is 0.976. The summed E-state index contributed by atoms with van der Waals surface area (Å²) in [5.74, 6) is 2.25. The van der Waals surface area contributed by atoms with Crippen molar-refractivity contribution in [2.45, 2.75) is 0 Å². The molecule has 2 heterocycles. The van der Waals surface area contributed by atoms with Crippen LogP contribution in [0.15, 0.2) is 55.1 Å². The van der Waals surface area contributed by atoms with Crippen molar-refractivity contribution in [2.75, 3.05) is 12.4 Å². The van der Waals surface area contributed by atoms with Crippen LogP contribution in [0, 0.1) is 0 Å². The molecule has 0 aliphatic rings. The van der Waals surface area contributed by atoms with Gasteiger partial charge in [0.05, 0.1) is 0 Å². The molecule has 0 spiro atoms. The lowest BCUT2D eigenvalue weighted by Crippen LogP contribution is -2.02. The van der Waals surface area contributed by atoms with Crippen molar-refractivity contribution in [3.63, 3.8) is 0 Å². The van der Waals surface area contributed by atoms with Crippen LogP contribution in [0.3, 0.4) is 0 Å². The summed E-state index contributed by atoms with van der Waals surface area (Å²) in [6.45, 7) is 0. The molecular formula is C14H13N5. The highest BCUT2D eigenvalue weighted by Crippen LogP contribution is 2.19. The predicted molar refractivity (Wildman–Crippen MR) is 74.1 cm³/mol. The van der Waals surface area contributed by atoms with Crippen LogP contribution in [-0.2, 0) is 0 Å². The molecule has 5 heteroatoms. The topological polar surface area (TPSA) is 55.6 Å². The Balaban J connectivity index is 2.13. The van der Waals surface area contributed by atoms with E-state index in [1.54, 1.807) is 12.5 Å². The standard InChI is InChI=1S/C14H13N5/c1-15-12-9-13(19-8-7-16-10-19)18-14(17-12)11-5-3-2-4-6-11/h2-10H,1H3,(H,15,17,18). The molecule has 0 atom stereocenters. The van der Waals surface area contributed by atoms with Crippen LogP contribution in [0.2, 0.25) is 0 Å². The van der Waals surface area contributed by atoms with Crippen LogP contribution in [0.25, 0.3) is 17.2 Å². The molecule has 94 valence electrons. The van der Waals surface area contributed by atoms with Crippen LogP contribution >= 0.6 is 0 Å². The predicted octanol–water partition coefficient (Wildman–Crippen LogP) is 2.37. The van der Waals surface area contributed by atoms with E-state index in [4.69, 9.17) is 0 Å². The number of anilines is 1. The summed E-state index contributed by atoms with van der Waals surface area (Å²) in [7, 11) is 1.84. The van der Waals surface area contributed by atoms with E-state index in [0.29, 0.717) is 5.82 Å². The zero-order valence-electron chi connectivity index (χ0n) is 10.5. The summed E-state index contributed by atoms with van der Waals surface area (Å²) >= 11 is 0. The highest BCUT2D eigenvalue weighted by atomic mass is 15.1. The van der Waals surface area contributed by atoms with Gasteiger partial charge in [0.1, 0.15) is 18.0 Å². The second kappa shape index (κ2) is 4.89. The molecule has 0 saturated carbocycles. The minimum Gasteiger partial charge on any atom is -0.373 e. The van der Waals surface area contributed by atoms with Crippen LogP contribution in [0.4, 0.5) is 5.82 Å². The molecule has 0 aliphatic heterocycles. The number of imidazole rings is 1. The van der Waals surface area contributed by atoms with E-state index in [-0.39, 0.29) is 0 Å². The summed E-state index contributed by atoms with van der Waals surface area (Å²) in [5, 5.41) is 3.05. The molecule has 0 saturated heterocycles. The highest BCUT2D eigenvalue weighted by Gasteiger charge is 2.07. The molecule has 1 N–H and O–H groups in total. The molecule has 0 amide bonds. The first kappa shape index (κ1) is 11.4. The Labute approximate surface area is 111 Å². The lowest BCUT2D eigenvalue weighted by atomic mass is 10.2. The maximum absolute atomic E-state index is 4.57. The largest absolute Gasteiger partial charge is 0.373 e. The molecule has 3 rings (SSSR count). The molecular weight excluding hydrogens is 238 g/mol. The maximum atomic E-state index is 4.57. The van der Waals surface area contributed by atoms with E-state index >= 15 is 0 Å². The van der Waals surface area contributed by atoms with Gasteiger partial charge in [0, 0.05) is 31.1 Å². The SMILES string of the molecule is CNc1cc(-n2ccnc2)nc(-c2ccccc2)n1.